The Morgan fingerprint density at radius 1 is 1.15 bits per heavy atom. The largest absolute Gasteiger partial charge is 0.457 e. The summed E-state index contributed by atoms with van der Waals surface area (Å²) in [5.74, 6) is 1.02. The molecule has 0 aliphatic heterocycles. The van der Waals surface area contributed by atoms with E-state index < -0.39 is 0 Å². The van der Waals surface area contributed by atoms with Gasteiger partial charge in [-0.3, -0.25) is 0 Å². The average Bonchev–Trinajstić information content (AvgIpc) is 2.40. The summed E-state index contributed by atoms with van der Waals surface area (Å²) in [6, 6.07) is 12.9. The van der Waals surface area contributed by atoms with Crippen LogP contribution in [-0.2, 0) is 6.54 Å². The quantitative estimate of drug-likeness (QED) is 0.753. The van der Waals surface area contributed by atoms with E-state index in [-0.39, 0.29) is 5.82 Å². The van der Waals surface area contributed by atoms with E-state index in [0.29, 0.717) is 29.6 Å². The fourth-order valence-corrected chi connectivity index (χ4v) is 2.10. The number of nitrogens with one attached hydrogen (secondary N) is 1. The predicted molar refractivity (Wildman–Crippen MR) is 87.6 cm³/mol. The highest BCUT2D eigenvalue weighted by Gasteiger charge is 2.10. The molecular weight excluding hydrogens is 368 g/mol. The van der Waals surface area contributed by atoms with Crippen LogP contribution in [0.1, 0.15) is 19.4 Å². The number of hydrogen-bond donors (Lipinski definition) is 1. The lowest BCUT2D eigenvalue weighted by Crippen LogP contribution is -2.22. The lowest BCUT2D eigenvalue weighted by molar-refractivity contribution is 0.457. The molecule has 20 heavy (non-hydrogen) atoms. The smallest absolute Gasteiger partial charge is 0.134 e. The zero-order valence-corrected chi connectivity index (χ0v) is 13.6. The number of benzene rings is 2. The molecule has 0 heterocycles. The van der Waals surface area contributed by atoms with E-state index in [1.807, 2.05) is 38.1 Å². The van der Waals surface area contributed by atoms with E-state index in [0.717, 1.165) is 3.57 Å². The molecule has 0 saturated carbocycles. The summed E-state index contributed by atoms with van der Waals surface area (Å²) < 4.78 is 20.9. The lowest BCUT2D eigenvalue weighted by Gasteiger charge is -2.14. The first-order chi connectivity index (χ1) is 9.56. The minimum atomic E-state index is -0.249. The van der Waals surface area contributed by atoms with Crippen LogP contribution >= 0.6 is 22.6 Å². The highest BCUT2D eigenvalue weighted by atomic mass is 127. The summed E-state index contributed by atoms with van der Waals surface area (Å²) in [6.07, 6.45) is 0. The summed E-state index contributed by atoms with van der Waals surface area (Å²) in [4.78, 5) is 0. The summed E-state index contributed by atoms with van der Waals surface area (Å²) in [6.45, 7) is 4.51. The molecule has 2 aromatic carbocycles. The molecule has 0 radical (unpaired) electrons. The number of halogens is 2. The van der Waals surface area contributed by atoms with Crippen LogP contribution in [0.15, 0.2) is 42.5 Å². The van der Waals surface area contributed by atoms with E-state index in [1.165, 1.54) is 6.07 Å². The molecule has 0 saturated heterocycles. The Kier molecular flexibility index (Phi) is 5.37. The fraction of sp³-hybridized carbons (Fsp3) is 0.250. The number of ether oxygens (including phenoxy) is 1. The molecule has 1 N–H and O–H groups in total. The van der Waals surface area contributed by atoms with Crippen molar-refractivity contribution >= 4 is 22.6 Å². The van der Waals surface area contributed by atoms with Gasteiger partial charge in [-0.05, 0) is 59.0 Å². The second-order valence-corrected chi connectivity index (χ2v) is 6.05. The maximum Gasteiger partial charge on any atom is 0.134 e. The third kappa shape index (κ3) is 4.18. The molecule has 0 aliphatic carbocycles. The van der Waals surface area contributed by atoms with E-state index >= 15 is 0 Å². The van der Waals surface area contributed by atoms with Crippen LogP contribution in [0.5, 0.6) is 11.5 Å². The van der Waals surface area contributed by atoms with Crippen LogP contribution in [0.25, 0.3) is 0 Å². The van der Waals surface area contributed by atoms with Gasteiger partial charge < -0.3 is 10.1 Å². The molecule has 2 aromatic rings. The van der Waals surface area contributed by atoms with Crippen molar-refractivity contribution in [2.24, 2.45) is 0 Å². The molecular formula is C16H17FINO. The average molecular weight is 385 g/mol. The standard InChI is InChI=1S/C16H17FINO/c1-11(2)19-10-14-15(17)4-3-5-16(14)20-13-8-6-12(18)7-9-13/h3-9,11,19H,10H2,1-2H3. The predicted octanol–water partition coefficient (Wildman–Crippen LogP) is 4.72. The molecule has 0 spiro atoms. The van der Waals surface area contributed by atoms with Gasteiger partial charge in [0.05, 0.1) is 0 Å². The van der Waals surface area contributed by atoms with Crippen molar-refractivity contribution in [2.45, 2.75) is 26.4 Å². The maximum atomic E-state index is 13.9. The Morgan fingerprint density at radius 2 is 1.85 bits per heavy atom. The molecule has 0 bridgehead atoms. The second kappa shape index (κ2) is 7.04. The summed E-state index contributed by atoms with van der Waals surface area (Å²) in [5, 5.41) is 3.22. The van der Waals surface area contributed by atoms with Gasteiger partial charge in [-0.2, -0.15) is 0 Å². The minimum Gasteiger partial charge on any atom is -0.457 e. The van der Waals surface area contributed by atoms with Crippen LogP contribution in [0.2, 0.25) is 0 Å². The number of hydrogen-bond acceptors (Lipinski definition) is 2. The van der Waals surface area contributed by atoms with Crippen molar-refractivity contribution in [3.05, 3.63) is 57.4 Å². The Balaban J connectivity index is 2.22. The molecule has 2 rings (SSSR count). The Morgan fingerprint density at radius 3 is 2.50 bits per heavy atom. The van der Waals surface area contributed by atoms with Gasteiger partial charge in [0.2, 0.25) is 0 Å². The summed E-state index contributed by atoms with van der Waals surface area (Å²) >= 11 is 2.23. The molecule has 0 aliphatic rings. The summed E-state index contributed by atoms with van der Waals surface area (Å²) in [7, 11) is 0. The summed E-state index contributed by atoms with van der Waals surface area (Å²) in [5.41, 5.74) is 0.555. The molecule has 2 nitrogen and oxygen atoms in total. The first kappa shape index (κ1) is 15.3. The first-order valence-electron chi connectivity index (χ1n) is 6.50. The van der Waals surface area contributed by atoms with Gasteiger partial charge in [-0.25, -0.2) is 4.39 Å². The van der Waals surface area contributed by atoms with Gasteiger partial charge in [-0.1, -0.05) is 19.9 Å². The molecule has 0 fully saturated rings. The Hall–Kier alpha value is -1.14. The zero-order valence-electron chi connectivity index (χ0n) is 11.5. The normalized spacial score (nSPS) is 10.8. The maximum absolute atomic E-state index is 13.9. The Bertz CT molecular complexity index is 569. The molecule has 106 valence electrons. The van der Waals surface area contributed by atoms with Crippen molar-refractivity contribution in [1.29, 1.82) is 0 Å². The van der Waals surface area contributed by atoms with Crippen molar-refractivity contribution in [2.75, 3.05) is 0 Å². The first-order valence-corrected chi connectivity index (χ1v) is 7.58. The Labute approximate surface area is 132 Å². The lowest BCUT2D eigenvalue weighted by atomic mass is 10.1. The monoisotopic (exact) mass is 385 g/mol. The van der Waals surface area contributed by atoms with Gasteiger partial charge in [-0.15, -0.1) is 0 Å². The van der Waals surface area contributed by atoms with Crippen molar-refractivity contribution in [3.63, 3.8) is 0 Å². The van der Waals surface area contributed by atoms with E-state index in [1.54, 1.807) is 12.1 Å². The third-order valence-electron chi connectivity index (χ3n) is 2.80. The van der Waals surface area contributed by atoms with Crippen molar-refractivity contribution in [1.82, 2.24) is 5.32 Å². The number of rotatable bonds is 5. The molecule has 4 heteroatoms. The topological polar surface area (TPSA) is 21.3 Å². The molecule has 0 amide bonds. The van der Waals surface area contributed by atoms with Gasteiger partial charge in [0, 0.05) is 21.7 Å². The van der Waals surface area contributed by atoms with E-state index in [4.69, 9.17) is 4.74 Å². The van der Waals surface area contributed by atoms with Gasteiger partial charge >= 0.3 is 0 Å². The molecule has 0 aromatic heterocycles. The van der Waals surface area contributed by atoms with Crippen LogP contribution in [0, 0.1) is 9.39 Å². The van der Waals surface area contributed by atoms with Gasteiger partial charge in [0.15, 0.2) is 0 Å². The van der Waals surface area contributed by atoms with Crippen LogP contribution in [-0.4, -0.2) is 6.04 Å². The third-order valence-corrected chi connectivity index (χ3v) is 3.52. The van der Waals surface area contributed by atoms with Crippen molar-refractivity contribution < 1.29 is 9.13 Å². The van der Waals surface area contributed by atoms with Crippen LogP contribution in [0.4, 0.5) is 4.39 Å². The zero-order chi connectivity index (χ0) is 14.5. The molecule has 0 unspecified atom stereocenters. The SMILES string of the molecule is CC(C)NCc1c(F)cccc1Oc1ccc(I)cc1. The second-order valence-electron chi connectivity index (χ2n) is 4.81. The van der Waals surface area contributed by atoms with Crippen LogP contribution in [0.3, 0.4) is 0 Å². The highest BCUT2D eigenvalue weighted by Crippen LogP contribution is 2.27. The van der Waals surface area contributed by atoms with Crippen LogP contribution < -0.4 is 10.1 Å². The molecule has 0 atom stereocenters. The highest BCUT2D eigenvalue weighted by molar-refractivity contribution is 14.1. The van der Waals surface area contributed by atoms with Gasteiger partial charge in [0.1, 0.15) is 17.3 Å². The van der Waals surface area contributed by atoms with E-state index in [9.17, 15) is 4.39 Å². The van der Waals surface area contributed by atoms with Gasteiger partial charge in [0.25, 0.3) is 0 Å². The fourth-order valence-electron chi connectivity index (χ4n) is 1.74. The van der Waals surface area contributed by atoms with Crippen molar-refractivity contribution in [3.8, 4) is 11.5 Å². The van der Waals surface area contributed by atoms with E-state index in [2.05, 4.69) is 27.9 Å². The minimum absolute atomic E-state index is 0.249.